The zero-order chi connectivity index (χ0) is 19.7. The molecule has 0 bridgehead atoms. The maximum atomic E-state index is 6.06. The van der Waals surface area contributed by atoms with Gasteiger partial charge in [-0.25, -0.2) is 0 Å². The van der Waals surface area contributed by atoms with Gasteiger partial charge < -0.3 is 9.26 Å². The van der Waals surface area contributed by atoms with Crippen molar-refractivity contribution in [2.24, 2.45) is 5.92 Å². The molecule has 156 valence electrons. The molecule has 3 heterocycles. The molecule has 2 aliphatic heterocycles. The van der Waals surface area contributed by atoms with Gasteiger partial charge in [0, 0.05) is 42.7 Å². The summed E-state index contributed by atoms with van der Waals surface area (Å²) in [6.07, 6.45) is 8.21. The predicted octanol–water partition coefficient (Wildman–Crippen LogP) is 4.95. The first kappa shape index (κ1) is 19.5. The third-order valence-corrected chi connectivity index (χ3v) is 7.09. The van der Waals surface area contributed by atoms with Gasteiger partial charge in [-0.15, -0.1) is 0 Å². The van der Waals surface area contributed by atoms with Crippen molar-refractivity contribution in [2.45, 2.75) is 62.8 Å². The summed E-state index contributed by atoms with van der Waals surface area (Å²) in [7, 11) is 0. The molecule has 3 fully saturated rings. The number of benzene rings is 1. The fourth-order valence-corrected chi connectivity index (χ4v) is 5.21. The van der Waals surface area contributed by atoms with Crippen molar-refractivity contribution in [3.63, 3.8) is 0 Å². The van der Waals surface area contributed by atoms with Crippen LogP contribution in [0.25, 0.3) is 0 Å². The van der Waals surface area contributed by atoms with Crippen molar-refractivity contribution in [3.8, 4) is 0 Å². The van der Waals surface area contributed by atoms with Crippen LogP contribution in [-0.2, 0) is 16.7 Å². The van der Waals surface area contributed by atoms with Gasteiger partial charge in [0.05, 0.1) is 0 Å². The van der Waals surface area contributed by atoms with Crippen molar-refractivity contribution < 1.29 is 9.26 Å². The fourth-order valence-electron chi connectivity index (χ4n) is 5.09. The molecule has 0 spiro atoms. The number of aromatic nitrogens is 2. The normalized spacial score (nSPS) is 26.7. The van der Waals surface area contributed by atoms with Crippen LogP contribution >= 0.6 is 11.6 Å². The van der Waals surface area contributed by atoms with E-state index < -0.39 is 0 Å². The van der Waals surface area contributed by atoms with Gasteiger partial charge in [0.1, 0.15) is 0 Å². The van der Waals surface area contributed by atoms with Crippen molar-refractivity contribution in [3.05, 3.63) is 46.6 Å². The number of ether oxygens (including phenoxy) is 1. The molecule has 6 heteroatoms. The standard InChI is InChI=1S/C23H30ClN3O2/c24-20-6-4-18(5-7-20)15-27-11-1-10-23(16-27,14-17-2-3-17)22-25-21(29-26-22)19-8-12-28-13-9-19/h4-7,17,19H,1-3,8-16H2. The van der Waals surface area contributed by atoms with Crippen LogP contribution < -0.4 is 0 Å². The topological polar surface area (TPSA) is 51.4 Å². The number of nitrogens with zero attached hydrogens (tertiary/aromatic N) is 3. The highest BCUT2D eigenvalue weighted by Gasteiger charge is 2.45. The third-order valence-electron chi connectivity index (χ3n) is 6.84. The number of hydrogen-bond acceptors (Lipinski definition) is 5. The quantitative estimate of drug-likeness (QED) is 0.668. The van der Waals surface area contributed by atoms with E-state index in [1.807, 2.05) is 12.1 Å². The van der Waals surface area contributed by atoms with E-state index in [-0.39, 0.29) is 5.41 Å². The molecule has 0 N–H and O–H groups in total. The lowest BCUT2D eigenvalue weighted by Gasteiger charge is -2.41. The summed E-state index contributed by atoms with van der Waals surface area (Å²) in [5.41, 5.74) is 1.34. The molecular weight excluding hydrogens is 386 g/mol. The Hall–Kier alpha value is -1.43. The number of likely N-dealkylation sites (tertiary alicyclic amines) is 1. The maximum Gasteiger partial charge on any atom is 0.229 e. The number of rotatable bonds is 6. The third kappa shape index (κ3) is 4.52. The van der Waals surface area contributed by atoms with Crippen LogP contribution in [0.5, 0.6) is 0 Å². The molecule has 1 aromatic carbocycles. The summed E-state index contributed by atoms with van der Waals surface area (Å²) in [6.45, 7) is 4.68. The second kappa shape index (κ2) is 8.37. The zero-order valence-electron chi connectivity index (χ0n) is 17.0. The Morgan fingerprint density at radius 2 is 1.90 bits per heavy atom. The average molecular weight is 416 g/mol. The highest BCUT2D eigenvalue weighted by molar-refractivity contribution is 6.30. The lowest BCUT2D eigenvalue weighted by molar-refractivity contribution is 0.0778. The molecule has 1 atom stereocenters. The molecular formula is C23H30ClN3O2. The smallest absolute Gasteiger partial charge is 0.229 e. The highest BCUT2D eigenvalue weighted by Crippen LogP contribution is 2.46. The summed E-state index contributed by atoms with van der Waals surface area (Å²) < 4.78 is 11.3. The molecule has 1 aliphatic carbocycles. The summed E-state index contributed by atoms with van der Waals surface area (Å²) in [4.78, 5) is 7.56. The van der Waals surface area contributed by atoms with Crippen LogP contribution in [0.2, 0.25) is 5.02 Å². The van der Waals surface area contributed by atoms with Gasteiger partial charge in [-0.1, -0.05) is 41.7 Å². The van der Waals surface area contributed by atoms with Crippen molar-refractivity contribution >= 4 is 11.6 Å². The Labute approximate surface area is 177 Å². The minimum absolute atomic E-state index is 0.0265. The van der Waals surface area contributed by atoms with Crippen LogP contribution in [0, 0.1) is 5.92 Å². The van der Waals surface area contributed by atoms with E-state index in [1.165, 1.54) is 31.2 Å². The number of piperidine rings is 1. The van der Waals surface area contributed by atoms with E-state index in [0.717, 1.165) is 74.8 Å². The van der Waals surface area contributed by atoms with E-state index in [0.29, 0.717) is 5.92 Å². The van der Waals surface area contributed by atoms with Gasteiger partial charge >= 0.3 is 0 Å². The molecule has 0 radical (unpaired) electrons. The minimum Gasteiger partial charge on any atom is -0.381 e. The Morgan fingerprint density at radius 1 is 1.10 bits per heavy atom. The summed E-state index contributed by atoms with van der Waals surface area (Å²) in [5.74, 6) is 2.97. The second-order valence-electron chi connectivity index (χ2n) is 9.21. The van der Waals surface area contributed by atoms with Gasteiger partial charge in [0.25, 0.3) is 0 Å². The molecule has 0 amide bonds. The molecule has 5 rings (SSSR count). The maximum absolute atomic E-state index is 6.06. The van der Waals surface area contributed by atoms with Crippen LogP contribution in [0.4, 0.5) is 0 Å². The molecule has 5 nitrogen and oxygen atoms in total. The van der Waals surface area contributed by atoms with E-state index >= 15 is 0 Å². The van der Waals surface area contributed by atoms with Crippen molar-refractivity contribution in [1.29, 1.82) is 0 Å². The van der Waals surface area contributed by atoms with E-state index in [2.05, 4.69) is 22.2 Å². The lowest BCUT2D eigenvalue weighted by atomic mass is 9.74. The summed E-state index contributed by atoms with van der Waals surface area (Å²) in [5, 5.41) is 5.34. The molecule has 1 saturated carbocycles. The van der Waals surface area contributed by atoms with Crippen molar-refractivity contribution in [2.75, 3.05) is 26.3 Å². The second-order valence-corrected chi connectivity index (χ2v) is 9.65. The molecule has 3 aliphatic rings. The van der Waals surface area contributed by atoms with Crippen LogP contribution in [0.15, 0.2) is 28.8 Å². The highest BCUT2D eigenvalue weighted by atomic mass is 35.5. The molecule has 2 aromatic rings. The van der Waals surface area contributed by atoms with Gasteiger partial charge in [0.15, 0.2) is 5.82 Å². The monoisotopic (exact) mass is 415 g/mol. The van der Waals surface area contributed by atoms with E-state index in [9.17, 15) is 0 Å². The molecule has 1 aromatic heterocycles. The van der Waals surface area contributed by atoms with Crippen LogP contribution in [-0.4, -0.2) is 41.3 Å². The summed E-state index contributed by atoms with van der Waals surface area (Å²) in [6, 6.07) is 8.24. The Balaban J connectivity index is 1.35. The predicted molar refractivity (Wildman–Crippen MR) is 112 cm³/mol. The average Bonchev–Trinajstić information content (AvgIpc) is 3.40. The summed E-state index contributed by atoms with van der Waals surface area (Å²) >= 11 is 6.06. The Kier molecular flexibility index (Phi) is 5.63. The molecule has 1 unspecified atom stereocenters. The van der Waals surface area contributed by atoms with Gasteiger partial charge in [-0.2, -0.15) is 4.98 Å². The van der Waals surface area contributed by atoms with Gasteiger partial charge in [-0.3, -0.25) is 4.90 Å². The first-order valence-electron chi connectivity index (χ1n) is 11.1. The minimum atomic E-state index is 0.0265. The van der Waals surface area contributed by atoms with Crippen molar-refractivity contribution in [1.82, 2.24) is 15.0 Å². The van der Waals surface area contributed by atoms with E-state index in [1.54, 1.807) is 0 Å². The number of halogens is 1. The van der Waals surface area contributed by atoms with Crippen LogP contribution in [0.1, 0.15) is 68.1 Å². The SMILES string of the molecule is Clc1ccc(CN2CCCC(CC3CC3)(c3noc(C4CCOCC4)n3)C2)cc1. The van der Waals surface area contributed by atoms with E-state index in [4.69, 9.17) is 25.8 Å². The number of hydrogen-bond donors (Lipinski definition) is 0. The molecule has 29 heavy (non-hydrogen) atoms. The van der Waals surface area contributed by atoms with Gasteiger partial charge in [-0.05, 0) is 62.3 Å². The Morgan fingerprint density at radius 3 is 2.66 bits per heavy atom. The lowest BCUT2D eigenvalue weighted by Crippen LogP contribution is -2.46. The van der Waals surface area contributed by atoms with Gasteiger partial charge in [0.2, 0.25) is 5.89 Å². The van der Waals surface area contributed by atoms with Crippen LogP contribution in [0.3, 0.4) is 0 Å². The first-order valence-corrected chi connectivity index (χ1v) is 11.5. The zero-order valence-corrected chi connectivity index (χ0v) is 17.7. The molecule has 2 saturated heterocycles. The first-order chi connectivity index (χ1) is 14.2. The Bertz CT molecular complexity index is 814. The fraction of sp³-hybridized carbons (Fsp3) is 0.652. The largest absolute Gasteiger partial charge is 0.381 e.